The molecule has 0 radical (unpaired) electrons. The van der Waals surface area contributed by atoms with Crippen molar-refractivity contribution in [3.63, 3.8) is 0 Å². The molecule has 2 N–H and O–H groups in total. The third-order valence-electron chi connectivity index (χ3n) is 4.04. The predicted octanol–water partition coefficient (Wildman–Crippen LogP) is 1.42. The Hall–Kier alpha value is -0.890. The Kier molecular flexibility index (Phi) is 5.08. The van der Waals surface area contributed by atoms with Crippen molar-refractivity contribution in [3.8, 4) is 0 Å². The third kappa shape index (κ3) is 3.48. The highest BCUT2D eigenvalue weighted by atomic mass is 35.5. The van der Waals surface area contributed by atoms with E-state index in [1.54, 1.807) is 7.05 Å². The van der Waals surface area contributed by atoms with Crippen LogP contribution in [0.4, 0.5) is 5.82 Å². The van der Waals surface area contributed by atoms with Crippen molar-refractivity contribution in [2.75, 3.05) is 32.4 Å². The minimum Gasteiger partial charge on any atom is -0.382 e. The summed E-state index contributed by atoms with van der Waals surface area (Å²) in [6.07, 6.45) is 2.92. The molecule has 21 heavy (non-hydrogen) atoms. The second kappa shape index (κ2) is 6.48. The largest absolute Gasteiger partial charge is 0.382 e. The molecule has 0 amide bonds. The van der Waals surface area contributed by atoms with Gasteiger partial charge in [-0.25, -0.2) is 13.4 Å². The molecular formula is C13H21ClN4O2S. The second-order valence-corrected chi connectivity index (χ2v) is 7.63. The van der Waals surface area contributed by atoms with Gasteiger partial charge in [0.1, 0.15) is 10.7 Å². The molecule has 2 heterocycles. The van der Waals surface area contributed by atoms with Crippen LogP contribution in [0.1, 0.15) is 19.8 Å². The molecule has 0 spiro atoms. The molecule has 0 atom stereocenters. The lowest BCUT2D eigenvalue weighted by Gasteiger charge is -2.35. The van der Waals surface area contributed by atoms with Crippen molar-refractivity contribution < 1.29 is 8.42 Å². The fraction of sp³-hybridized carbons (Fsp3) is 0.615. The molecule has 0 bridgehead atoms. The monoisotopic (exact) mass is 332 g/mol. The quantitative estimate of drug-likeness (QED) is 0.902. The first-order chi connectivity index (χ1) is 9.86. The van der Waals surface area contributed by atoms with Crippen molar-refractivity contribution >= 4 is 27.4 Å². The molecule has 1 aromatic heterocycles. The van der Waals surface area contributed by atoms with Gasteiger partial charge in [-0.05, 0) is 38.5 Å². The number of sulfonamides is 1. The van der Waals surface area contributed by atoms with E-state index >= 15 is 0 Å². The fourth-order valence-corrected chi connectivity index (χ4v) is 4.15. The Balaban J connectivity index is 2.17. The number of hydrogen-bond acceptors (Lipinski definition) is 5. The average Bonchev–Trinajstić information content (AvgIpc) is 2.49. The topological polar surface area (TPSA) is 79.5 Å². The summed E-state index contributed by atoms with van der Waals surface area (Å²) in [6.45, 7) is 4.95. The number of nitrogen functional groups attached to an aromatic ring is 1. The summed E-state index contributed by atoms with van der Waals surface area (Å²) in [5.74, 6) is 0.134. The van der Waals surface area contributed by atoms with Crippen LogP contribution in [0.15, 0.2) is 17.2 Å². The Labute approximate surface area is 130 Å². The van der Waals surface area contributed by atoms with Gasteiger partial charge in [-0.2, -0.15) is 4.31 Å². The summed E-state index contributed by atoms with van der Waals surface area (Å²) in [4.78, 5) is 6.23. The van der Waals surface area contributed by atoms with Gasteiger partial charge in [-0.1, -0.05) is 18.5 Å². The first-order valence-electron chi connectivity index (χ1n) is 6.97. The molecule has 1 aliphatic heterocycles. The molecule has 118 valence electrons. The van der Waals surface area contributed by atoms with Crippen LogP contribution in [-0.4, -0.2) is 55.3 Å². The summed E-state index contributed by atoms with van der Waals surface area (Å²) >= 11 is 5.87. The third-order valence-corrected chi connectivity index (χ3v) is 6.22. The Morgan fingerprint density at radius 2 is 2.10 bits per heavy atom. The number of anilines is 1. The molecule has 0 aromatic carbocycles. The number of nitrogens with two attached hydrogens (primary N) is 1. The fourth-order valence-electron chi connectivity index (χ4n) is 2.53. The molecule has 1 saturated heterocycles. The van der Waals surface area contributed by atoms with Crippen LogP contribution in [0.2, 0.25) is 5.02 Å². The molecule has 0 aliphatic carbocycles. The SMILES string of the molecule is CCN1CCC(N(C)S(=O)(=O)c2cnc(N)c(Cl)c2)CC1. The molecule has 6 nitrogen and oxygen atoms in total. The van der Waals surface area contributed by atoms with Crippen LogP contribution in [0.25, 0.3) is 0 Å². The molecule has 1 aliphatic rings. The summed E-state index contributed by atoms with van der Waals surface area (Å²) in [7, 11) is -1.97. The zero-order chi connectivity index (χ0) is 15.6. The van der Waals surface area contributed by atoms with Crippen LogP contribution >= 0.6 is 11.6 Å². The number of nitrogens with zero attached hydrogens (tertiary/aromatic N) is 3. The molecule has 2 rings (SSSR count). The second-order valence-electron chi connectivity index (χ2n) is 5.22. The van der Waals surface area contributed by atoms with E-state index in [-0.39, 0.29) is 21.8 Å². The molecule has 0 saturated carbocycles. The van der Waals surface area contributed by atoms with Crippen LogP contribution in [0, 0.1) is 0 Å². The predicted molar refractivity (Wildman–Crippen MR) is 83.7 cm³/mol. The first-order valence-corrected chi connectivity index (χ1v) is 8.79. The van der Waals surface area contributed by atoms with E-state index in [2.05, 4.69) is 16.8 Å². The Bertz CT molecular complexity index is 600. The van der Waals surface area contributed by atoms with E-state index in [9.17, 15) is 8.42 Å². The highest BCUT2D eigenvalue weighted by Gasteiger charge is 2.31. The van der Waals surface area contributed by atoms with Crippen molar-refractivity contribution in [3.05, 3.63) is 17.3 Å². The van der Waals surface area contributed by atoms with Crippen LogP contribution < -0.4 is 5.73 Å². The Morgan fingerprint density at radius 1 is 1.48 bits per heavy atom. The standard InChI is InChI=1S/C13H21ClN4O2S/c1-3-18-6-4-10(5-7-18)17(2)21(19,20)11-8-12(14)13(15)16-9-11/h8-10H,3-7H2,1-2H3,(H2,15,16). The maximum atomic E-state index is 12.6. The van der Waals surface area contributed by atoms with Gasteiger partial charge in [-0.3, -0.25) is 0 Å². The summed E-state index contributed by atoms with van der Waals surface area (Å²) in [6, 6.07) is 1.37. The molecule has 1 aromatic rings. The van der Waals surface area contributed by atoms with Gasteiger partial charge in [-0.15, -0.1) is 0 Å². The maximum absolute atomic E-state index is 12.6. The molecular weight excluding hydrogens is 312 g/mol. The summed E-state index contributed by atoms with van der Waals surface area (Å²) in [5.41, 5.74) is 5.52. The van der Waals surface area contributed by atoms with E-state index < -0.39 is 10.0 Å². The van der Waals surface area contributed by atoms with Crippen LogP contribution in [-0.2, 0) is 10.0 Å². The number of rotatable bonds is 4. The molecule has 0 unspecified atom stereocenters. The number of piperidine rings is 1. The normalized spacial score (nSPS) is 18.3. The zero-order valence-corrected chi connectivity index (χ0v) is 13.9. The van der Waals surface area contributed by atoms with E-state index in [0.29, 0.717) is 0 Å². The number of halogens is 1. The summed E-state index contributed by atoms with van der Waals surface area (Å²) < 4.78 is 26.7. The van der Waals surface area contributed by atoms with Gasteiger partial charge in [0.15, 0.2) is 0 Å². The van der Waals surface area contributed by atoms with E-state index in [4.69, 9.17) is 17.3 Å². The van der Waals surface area contributed by atoms with Gasteiger partial charge in [0.2, 0.25) is 10.0 Å². The van der Waals surface area contributed by atoms with Crippen LogP contribution in [0.5, 0.6) is 0 Å². The minimum absolute atomic E-state index is 0.00845. The van der Waals surface area contributed by atoms with E-state index in [1.807, 2.05) is 0 Å². The number of hydrogen-bond donors (Lipinski definition) is 1. The number of pyridine rings is 1. The lowest BCUT2D eigenvalue weighted by Crippen LogP contribution is -2.45. The number of aromatic nitrogens is 1. The van der Waals surface area contributed by atoms with Gasteiger partial charge in [0.25, 0.3) is 0 Å². The molecule has 8 heteroatoms. The van der Waals surface area contributed by atoms with Gasteiger partial charge in [0.05, 0.1) is 5.02 Å². The maximum Gasteiger partial charge on any atom is 0.244 e. The minimum atomic E-state index is -3.59. The van der Waals surface area contributed by atoms with Gasteiger partial charge >= 0.3 is 0 Å². The van der Waals surface area contributed by atoms with E-state index in [1.165, 1.54) is 16.6 Å². The zero-order valence-electron chi connectivity index (χ0n) is 12.3. The lowest BCUT2D eigenvalue weighted by atomic mass is 10.1. The number of likely N-dealkylation sites (tertiary alicyclic amines) is 1. The van der Waals surface area contributed by atoms with Gasteiger partial charge < -0.3 is 10.6 Å². The first kappa shape index (κ1) is 16.5. The highest BCUT2D eigenvalue weighted by Crippen LogP contribution is 2.25. The van der Waals surface area contributed by atoms with Crippen molar-refractivity contribution in [2.24, 2.45) is 0 Å². The van der Waals surface area contributed by atoms with Gasteiger partial charge in [0, 0.05) is 19.3 Å². The van der Waals surface area contributed by atoms with E-state index in [0.717, 1.165) is 32.5 Å². The Morgan fingerprint density at radius 3 is 2.62 bits per heavy atom. The average molecular weight is 333 g/mol. The highest BCUT2D eigenvalue weighted by molar-refractivity contribution is 7.89. The smallest absolute Gasteiger partial charge is 0.244 e. The van der Waals surface area contributed by atoms with Crippen molar-refractivity contribution in [1.82, 2.24) is 14.2 Å². The van der Waals surface area contributed by atoms with Crippen LogP contribution in [0.3, 0.4) is 0 Å². The lowest BCUT2D eigenvalue weighted by molar-refractivity contribution is 0.176. The van der Waals surface area contributed by atoms with Crippen molar-refractivity contribution in [2.45, 2.75) is 30.7 Å². The molecule has 1 fully saturated rings. The summed E-state index contributed by atoms with van der Waals surface area (Å²) in [5, 5.41) is 0.158. The van der Waals surface area contributed by atoms with Crippen molar-refractivity contribution in [1.29, 1.82) is 0 Å².